The summed E-state index contributed by atoms with van der Waals surface area (Å²) in [5, 5.41) is 0. The minimum Gasteiger partial charge on any atom is -0.456 e. The van der Waals surface area contributed by atoms with Gasteiger partial charge in [-0.1, -0.05) is 6.92 Å². The predicted octanol–water partition coefficient (Wildman–Crippen LogP) is 1.65. The van der Waals surface area contributed by atoms with E-state index in [0.29, 0.717) is 6.61 Å². The first-order valence-corrected chi connectivity index (χ1v) is 5.26. The lowest BCUT2D eigenvalue weighted by Crippen LogP contribution is -2.36. The van der Waals surface area contributed by atoms with Gasteiger partial charge in [0.15, 0.2) is 6.29 Å². The highest BCUT2D eigenvalue weighted by Crippen LogP contribution is 2.16. The molecule has 0 radical (unpaired) electrons. The molecule has 0 aromatic heterocycles. The van der Waals surface area contributed by atoms with Gasteiger partial charge in [0.25, 0.3) is 0 Å². The molecule has 0 bridgehead atoms. The second-order valence-electron chi connectivity index (χ2n) is 3.54. The van der Waals surface area contributed by atoms with Gasteiger partial charge in [-0.15, -0.1) is 0 Å². The molecule has 0 amide bonds. The van der Waals surface area contributed by atoms with Gasteiger partial charge in [-0.2, -0.15) is 0 Å². The second-order valence-corrected chi connectivity index (χ2v) is 3.54. The van der Waals surface area contributed by atoms with Crippen molar-refractivity contribution in [2.75, 3.05) is 6.61 Å². The molecule has 4 heteroatoms. The third-order valence-corrected chi connectivity index (χ3v) is 2.06. The number of carbonyl (C=O) groups excluding carboxylic acids is 1. The molecule has 0 saturated carbocycles. The summed E-state index contributed by atoms with van der Waals surface area (Å²) >= 11 is 0. The van der Waals surface area contributed by atoms with Crippen LogP contribution in [0, 0.1) is 0 Å². The Kier molecular flexibility index (Phi) is 4.78. The number of ether oxygens (including phenoxy) is 3. The smallest absolute Gasteiger partial charge is 0.303 e. The Labute approximate surface area is 90.2 Å². The zero-order valence-corrected chi connectivity index (χ0v) is 9.43. The quantitative estimate of drug-likeness (QED) is 0.527. The Bertz CT molecular complexity index is 237. The van der Waals surface area contributed by atoms with Gasteiger partial charge >= 0.3 is 5.97 Å². The lowest BCUT2D eigenvalue weighted by atomic mass is 10.1. The highest BCUT2D eigenvalue weighted by atomic mass is 16.7. The maximum atomic E-state index is 10.8. The van der Waals surface area contributed by atoms with E-state index in [1.54, 1.807) is 6.08 Å². The van der Waals surface area contributed by atoms with Crippen molar-refractivity contribution in [3.05, 3.63) is 12.2 Å². The van der Waals surface area contributed by atoms with E-state index >= 15 is 0 Å². The minimum absolute atomic E-state index is 0.166. The summed E-state index contributed by atoms with van der Waals surface area (Å²) in [6.07, 6.45) is 3.77. The van der Waals surface area contributed by atoms with Crippen LogP contribution in [0.15, 0.2) is 12.2 Å². The van der Waals surface area contributed by atoms with Crippen LogP contribution in [-0.2, 0) is 19.0 Å². The average molecular weight is 214 g/mol. The molecule has 86 valence electrons. The zero-order valence-electron chi connectivity index (χ0n) is 9.43. The summed E-state index contributed by atoms with van der Waals surface area (Å²) in [5.74, 6) is -0.298. The van der Waals surface area contributed by atoms with E-state index in [1.807, 2.05) is 19.9 Å². The van der Waals surface area contributed by atoms with Crippen molar-refractivity contribution in [1.82, 2.24) is 0 Å². The lowest BCUT2D eigenvalue weighted by Gasteiger charge is -2.29. The summed E-state index contributed by atoms with van der Waals surface area (Å²) < 4.78 is 16.0. The summed E-state index contributed by atoms with van der Waals surface area (Å²) in [6, 6.07) is 0. The van der Waals surface area contributed by atoms with Crippen LogP contribution in [0.3, 0.4) is 0 Å². The van der Waals surface area contributed by atoms with Gasteiger partial charge < -0.3 is 14.2 Å². The Morgan fingerprint density at radius 2 is 2.20 bits per heavy atom. The highest BCUT2D eigenvalue weighted by Gasteiger charge is 2.25. The molecule has 0 unspecified atom stereocenters. The van der Waals surface area contributed by atoms with E-state index in [4.69, 9.17) is 14.2 Å². The topological polar surface area (TPSA) is 44.8 Å². The fourth-order valence-electron chi connectivity index (χ4n) is 1.35. The Morgan fingerprint density at radius 3 is 2.73 bits per heavy atom. The molecule has 1 rings (SSSR count). The van der Waals surface area contributed by atoms with Crippen LogP contribution in [0.5, 0.6) is 0 Å². The van der Waals surface area contributed by atoms with Crippen LogP contribution in [0.1, 0.15) is 27.2 Å². The van der Waals surface area contributed by atoms with E-state index in [-0.39, 0.29) is 24.5 Å². The Balaban J connectivity index is 2.43. The van der Waals surface area contributed by atoms with Crippen molar-refractivity contribution < 1.29 is 19.0 Å². The Morgan fingerprint density at radius 1 is 1.47 bits per heavy atom. The lowest BCUT2D eigenvalue weighted by molar-refractivity contribution is -0.180. The molecular formula is C11H18O4. The van der Waals surface area contributed by atoms with Gasteiger partial charge in [0, 0.05) is 13.5 Å². The maximum Gasteiger partial charge on any atom is 0.303 e. The normalized spacial score (nSPS) is 30.2. The monoisotopic (exact) mass is 214 g/mol. The van der Waals surface area contributed by atoms with Crippen molar-refractivity contribution in [3.8, 4) is 0 Å². The van der Waals surface area contributed by atoms with Crippen LogP contribution in [0.25, 0.3) is 0 Å². The average Bonchev–Trinajstić information content (AvgIpc) is 2.18. The van der Waals surface area contributed by atoms with E-state index in [9.17, 15) is 4.79 Å². The van der Waals surface area contributed by atoms with Gasteiger partial charge in [0.1, 0.15) is 6.10 Å². The molecule has 1 aliphatic rings. The number of carbonyl (C=O) groups is 1. The third-order valence-electron chi connectivity index (χ3n) is 2.06. The molecule has 0 aliphatic carbocycles. The van der Waals surface area contributed by atoms with Gasteiger partial charge in [-0.25, -0.2) is 0 Å². The largest absolute Gasteiger partial charge is 0.456 e. The summed E-state index contributed by atoms with van der Waals surface area (Å²) in [6.45, 7) is 5.96. The van der Waals surface area contributed by atoms with Crippen molar-refractivity contribution >= 4 is 5.97 Å². The van der Waals surface area contributed by atoms with E-state index in [2.05, 4.69) is 0 Å². The van der Waals surface area contributed by atoms with Crippen molar-refractivity contribution in [2.24, 2.45) is 0 Å². The molecular weight excluding hydrogens is 196 g/mol. The maximum absolute atomic E-state index is 10.8. The van der Waals surface area contributed by atoms with Crippen LogP contribution < -0.4 is 0 Å². The van der Waals surface area contributed by atoms with Gasteiger partial charge in [-0.3, -0.25) is 4.79 Å². The molecule has 0 saturated heterocycles. The summed E-state index contributed by atoms with van der Waals surface area (Å²) in [5.41, 5.74) is 0. The molecule has 15 heavy (non-hydrogen) atoms. The third kappa shape index (κ3) is 4.01. The van der Waals surface area contributed by atoms with E-state index < -0.39 is 0 Å². The fourth-order valence-corrected chi connectivity index (χ4v) is 1.35. The second kappa shape index (κ2) is 5.88. The van der Waals surface area contributed by atoms with Crippen LogP contribution in [0.4, 0.5) is 0 Å². The molecule has 0 spiro atoms. The van der Waals surface area contributed by atoms with Crippen LogP contribution in [0.2, 0.25) is 0 Å². The first-order chi connectivity index (χ1) is 7.13. The van der Waals surface area contributed by atoms with Gasteiger partial charge in [-0.05, 0) is 25.5 Å². The van der Waals surface area contributed by atoms with Crippen molar-refractivity contribution in [2.45, 2.75) is 45.7 Å². The van der Waals surface area contributed by atoms with Crippen LogP contribution in [-0.4, -0.2) is 31.1 Å². The van der Waals surface area contributed by atoms with Crippen molar-refractivity contribution in [1.29, 1.82) is 0 Å². The molecule has 3 atom stereocenters. The molecule has 0 aromatic rings. The predicted molar refractivity (Wildman–Crippen MR) is 55.3 cm³/mol. The standard InChI is InChI=1S/C11H18O4/c1-4-7-13-11-6-5-10(8(2)14-11)15-9(3)12/h5-6,8,10-11H,4,7H2,1-3H3/t8-,10+,11+/m0/s1. The molecule has 0 N–H and O–H groups in total. The van der Waals surface area contributed by atoms with Gasteiger partial charge in [0.05, 0.1) is 6.10 Å². The molecule has 1 heterocycles. The number of hydrogen-bond donors (Lipinski definition) is 0. The van der Waals surface area contributed by atoms with Gasteiger partial charge in [0.2, 0.25) is 0 Å². The molecule has 4 nitrogen and oxygen atoms in total. The summed E-state index contributed by atoms with van der Waals surface area (Å²) in [7, 11) is 0. The summed E-state index contributed by atoms with van der Waals surface area (Å²) in [4.78, 5) is 10.8. The first-order valence-electron chi connectivity index (χ1n) is 5.26. The molecule has 0 aromatic carbocycles. The Hall–Kier alpha value is -0.870. The van der Waals surface area contributed by atoms with E-state index in [0.717, 1.165) is 6.42 Å². The zero-order chi connectivity index (χ0) is 11.3. The van der Waals surface area contributed by atoms with Crippen molar-refractivity contribution in [3.63, 3.8) is 0 Å². The molecule has 1 aliphatic heterocycles. The highest BCUT2D eigenvalue weighted by molar-refractivity contribution is 5.66. The fraction of sp³-hybridized carbons (Fsp3) is 0.727. The number of hydrogen-bond acceptors (Lipinski definition) is 4. The number of esters is 1. The van der Waals surface area contributed by atoms with E-state index in [1.165, 1.54) is 6.92 Å². The SMILES string of the molecule is CCCO[C@H]1C=C[C@@H](OC(C)=O)[C@H](C)O1. The molecule has 0 fully saturated rings. The first kappa shape index (κ1) is 12.2. The minimum atomic E-state index is -0.313. The number of rotatable bonds is 4. The van der Waals surface area contributed by atoms with Crippen LogP contribution >= 0.6 is 0 Å².